The summed E-state index contributed by atoms with van der Waals surface area (Å²) in [5.74, 6) is 0.748. The van der Waals surface area contributed by atoms with Crippen LogP contribution in [0.1, 0.15) is 30.4 Å². The largest absolute Gasteiger partial charge is 0.490 e. The number of aliphatic hydroxyl groups is 1. The lowest BCUT2D eigenvalue weighted by Crippen LogP contribution is -2.51. The molecule has 1 aromatic carbocycles. The predicted molar refractivity (Wildman–Crippen MR) is 101 cm³/mol. The molecule has 2 aromatic rings. The Labute approximate surface area is 162 Å². The van der Waals surface area contributed by atoms with Gasteiger partial charge in [-0.25, -0.2) is 4.99 Å². The summed E-state index contributed by atoms with van der Waals surface area (Å²) in [6.07, 6.45) is 3.31. The molecular weight excluding hydrogens is 356 g/mol. The van der Waals surface area contributed by atoms with Gasteiger partial charge in [-0.2, -0.15) is 5.26 Å². The van der Waals surface area contributed by atoms with E-state index in [0.717, 1.165) is 29.7 Å². The van der Waals surface area contributed by atoms with E-state index in [1.54, 1.807) is 18.3 Å². The molecule has 0 amide bonds. The number of nitriles is 1. The van der Waals surface area contributed by atoms with E-state index in [-0.39, 0.29) is 24.1 Å². The zero-order valence-electron chi connectivity index (χ0n) is 15.2. The summed E-state index contributed by atoms with van der Waals surface area (Å²) < 4.78 is 11.9. The van der Waals surface area contributed by atoms with Crippen molar-refractivity contribution < 1.29 is 14.6 Å². The zero-order valence-corrected chi connectivity index (χ0v) is 15.2. The lowest BCUT2D eigenvalue weighted by molar-refractivity contribution is -0.0359. The first-order chi connectivity index (χ1) is 13.6. The molecule has 3 N–H and O–H groups in total. The molecule has 28 heavy (non-hydrogen) atoms. The molecule has 4 atom stereocenters. The van der Waals surface area contributed by atoms with Crippen molar-refractivity contribution in [3.05, 3.63) is 47.7 Å². The Morgan fingerprint density at radius 2 is 2.14 bits per heavy atom. The number of nitrogens with zero attached hydrogens (tertiary/aromatic N) is 3. The number of fused-ring (bicyclic) bond motifs is 4. The van der Waals surface area contributed by atoms with Crippen LogP contribution in [0.5, 0.6) is 5.75 Å². The number of hydrogen-bond donors (Lipinski definition) is 2. The highest BCUT2D eigenvalue weighted by atomic mass is 16.5. The highest BCUT2D eigenvalue weighted by molar-refractivity contribution is 5.75. The van der Waals surface area contributed by atoms with E-state index in [4.69, 9.17) is 20.2 Å². The van der Waals surface area contributed by atoms with Crippen molar-refractivity contribution in [2.24, 2.45) is 16.6 Å². The molecule has 0 bridgehead atoms. The van der Waals surface area contributed by atoms with Gasteiger partial charge in [-0.15, -0.1) is 0 Å². The van der Waals surface area contributed by atoms with Crippen LogP contribution < -0.4 is 10.5 Å². The van der Waals surface area contributed by atoms with Gasteiger partial charge in [0, 0.05) is 23.2 Å². The molecule has 2 aliphatic heterocycles. The van der Waals surface area contributed by atoms with Crippen LogP contribution in [0.4, 0.5) is 0 Å². The minimum Gasteiger partial charge on any atom is -0.490 e. The quantitative estimate of drug-likeness (QED) is 0.788. The third-order valence-corrected chi connectivity index (χ3v) is 6.03. The standard InChI is InChI=1S/C21H20N4O3/c22-10-12-5-6-24-17(7-12)13-1-3-18-15(8-13)21(11-27-20(23)25-21)16-9-14(26)2-4-19(16)28-18/h1,3,5-8,14,16,19,26H,2,4,9,11H2,(H2,23,25)/t14-,16-,19-,21?/m0/s1. The Morgan fingerprint density at radius 1 is 1.25 bits per heavy atom. The maximum Gasteiger partial charge on any atom is 0.283 e. The van der Waals surface area contributed by atoms with Gasteiger partial charge < -0.3 is 20.3 Å². The Bertz CT molecular complexity index is 1010. The van der Waals surface area contributed by atoms with Gasteiger partial charge in [-0.1, -0.05) is 0 Å². The normalized spacial score (nSPS) is 30.4. The molecule has 1 saturated carbocycles. The second-order valence-corrected chi connectivity index (χ2v) is 7.65. The molecule has 142 valence electrons. The first kappa shape index (κ1) is 17.0. The van der Waals surface area contributed by atoms with E-state index >= 15 is 0 Å². The Balaban J connectivity index is 1.66. The number of aromatic nitrogens is 1. The topological polar surface area (TPSA) is 114 Å². The summed E-state index contributed by atoms with van der Waals surface area (Å²) in [5.41, 5.74) is 8.26. The van der Waals surface area contributed by atoms with Crippen molar-refractivity contribution in [3.63, 3.8) is 0 Å². The number of ether oxygens (including phenoxy) is 2. The summed E-state index contributed by atoms with van der Waals surface area (Å²) in [5, 5.41) is 19.5. The van der Waals surface area contributed by atoms with E-state index in [9.17, 15) is 10.4 Å². The fourth-order valence-electron chi connectivity index (χ4n) is 4.69. The summed E-state index contributed by atoms with van der Waals surface area (Å²) in [4.78, 5) is 9.12. The fourth-order valence-corrected chi connectivity index (χ4v) is 4.69. The lowest BCUT2D eigenvalue weighted by Gasteiger charge is -2.47. The summed E-state index contributed by atoms with van der Waals surface area (Å²) >= 11 is 0. The van der Waals surface area contributed by atoms with E-state index < -0.39 is 5.54 Å². The number of rotatable bonds is 1. The minimum atomic E-state index is -0.674. The molecule has 1 fully saturated rings. The van der Waals surface area contributed by atoms with Crippen molar-refractivity contribution in [1.29, 1.82) is 5.26 Å². The van der Waals surface area contributed by atoms with Crippen LogP contribution in [-0.4, -0.2) is 34.9 Å². The van der Waals surface area contributed by atoms with Crippen LogP contribution in [0.3, 0.4) is 0 Å². The van der Waals surface area contributed by atoms with Gasteiger partial charge in [-0.05, 0) is 49.6 Å². The van der Waals surface area contributed by atoms with Crippen molar-refractivity contribution in [2.45, 2.75) is 37.0 Å². The van der Waals surface area contributed by atoms with Gasteiger partial charge in [0.1, 0.15) is 24.0 Å². The third kappa shape index (κ3) is 2.53. The number of aliphatic imine (C=N–C) groups is 1. The van der Waals surface area contributed by atoms with Crippen molar-refractivity contribution in [1.82, 2.24) is 4.98 Å². The Morgan fingerprint density at radius 3 is 2.93 bits per heavy atom. The summed E-state index contributed by atoms with van der Waals surface area (Å²) in [6, 6.07) is 11.6. The summed E-state index contributed by atoms with van der Waals surface area (Å²) in [6.45, 7) is 0.332. The first-order valence-corrected chi connectivity index (χ1v) is 9.43. The van der Waals surface area contributed by atoms with Gasteiger partial charge >= 0.3 is 0 Å². The van der Waals surface area contributed by atoms with Gasteiger partial charge in [0.05, 0.1) is 23.4 Å². The minimum absolute atomic E-state index is 0.0153. The average Bonchev–Trinajstić information content (AvgIpc) is 3.11. The second kappa shape index (κ2) is 6.21. The highest BCUT2D eigenvalue weighted by Crippen LogP contribution is 2.52. The molecule has 5 rings (SSSR count). The number of nitrogens with two attached hydrogens (primary N) is 1. The molecule has 7 heteroatoms. The molecule has 1 spiro atoms. The number of benzene rings is 1. The maximum atomic E-state index is 10.3. The molecular formula is C21H20N4O3. The number of amidine groups is 1. The maximum absolute atomic E-state index is 10.3. The number of pyridine rings is 1. The molecule has 3 aliphatic rings. The van der Waals surface area contributed by atoms with Crippen LogP contribution in [0.25, 0.3) is 11.3 Å². The van der Waals surface area contributed by atoms with Crippen molar-refractivity contribution >= 4 is 6.02 Å². The van der Waals surface area contributed by atoms with Gasteiger partial charge in [0.15, 0.2) is 0 Å². The molecule has 1 aliphatic carbocycles. The van der Waals surface area contributed by atoms with E-state index in [1.807, 2.05) is 18.2 Å². The molecule has 0 saturated heterocycles. The second-order valence-electron chi connectivity index (χ2n) is 7.65. The first-order valence-electron chi connectivity index (χ1n) is 9.43. The SMILES string of the molecule is N#Cc1ccnc(-c2ccc3c(c2)C2(COC(N)=N2)[C@H]2C[C@@H](O)CC[C@@H]2O3)c1. The van der Waals surface area contributed by atoms with Crippen LogP contribution in [0.2, 0.25) is 0 Å². The van der Waals surface area contributed by atoms with Crippen LogP contribution in [-0.2, 0) is 10.3 Å². The van der Waals surface area contributed by atoms with Crippen LogP contribution in [0, 0.1) is 17.2 Å². The zero-order chi connectivity index (χ0) is 19.3. The third-order valence-electron chi connectivity index (χ3n) is 6.03. The van der Waals surface area contributed by atoms with E-state index in [0.29, 0.717) is 24.3 Å². The fraction of sp³-hybridized carbons (Fsp3) is 0.381. The smallest absolute Gasteiger partial charge is 0.283 e. The van der Waals surface area contributed by atoms with Crippen LogP contribution in [0.15, 0.2) is 41.5 Å². The lowest BCUT2D eigenvalue weighted by atomic mass is 9.67. The van der Waals surface area contributed by atoms with Gasteiger partial charge in [-0.3, -0.25) is 4.98 Å². The van der Waals surface area contributed by atoms with Crippen molar-refractivity contribution in [2.75, 3.05) is 6.61 Å². The van der Waals surface area contributed by atoms with E-state index in [1.165, 1.54) is 0 Å². The Hall–Kier alpha value is -3.11. The highest BCUT2D eigenvalue weighted by Gasteiger charge is 2.55. The number of aliphatic hydroxyl groups excluding tert-OH is 1. The van der Waals surface area contributed by atoms with Crippen molar-refractivity contribution in [3.8, 4) is 23.1 Å². The molecule has 1 unspecified atom stereocenters. The molecule has 0 radical (unpaired) electrons. The van der Waals surface area contributed by atoms with E-state index in [2.05, 4.69) is 11.1 Å². The summed E-state index contributed by atoms with van der Waals surface area (Å²) in [7, 11) is 0. The number of hydrogen-bond acceptors (Lipinski definition) is 7. The molecule has 1 aromatic heterocycles. The molecule has 7 nitrogen and oxygen atoms in total. The average molecular weight is 376 g/mol. The van der Waals surface area contributed by atoms with Crippen LogP contribution >= 0.6 is 0 Å². The molecule has 3 heterocycles. The Kier molecular flexibility index (Phi) is 3.78. The van der Waals surface area contributed by atoms with Gasteiger partial charge in [0.2, 0.25) is 0 Å². The monoisotopic (exact) mass is 376 g/mol. The predicted octanol–water partition coefficient (Wildman–Crippen LogP) is 2.08. The van der Waals surface area contributed by atoms with Gasteiger partial charge in [0.25, 0.3) is 6.02 Å².